The van der Waals surface area contributed by atoms with Crippen molar-refractivity contribution in [3.8, 4) is 0 Å². The Hall–Kier alpha value is -3.78. The molecule has 1 aromatic heterocycles. The van der Waals surface area contributed by atoms with Crippen LogP contribution < -0.4 is 10.6 Å². The Morgan fingerprint density at radius 2 is 1.56 bits per heavy atom. The average molecular weight is 502 g/mol. The molecule has 0 spiro atoms. The van der Waals surface area contributed by atoms with Crippen LogP contribution in [0.15, 0.2) is 54.6 Å². The van der Waals surface area contributed by atoms with Crippen LogP contribution in [-0.2, 0) is 24.2 Å². The normalized spacial score (nSPS) is 14.4. The van der Waals surface area contributed by atoms with Gasteiger partial charge in [-0.25, -0.2) is 0 Å². The second-order valence-corrected chi connectivity index (χ2v) is 10.1. The lowest BCUT2D eigenvalue weighted by Crippen LogP contribution is -2.31. The van der Waals surface area contributed by atoms with Crippen LogP contribution in [0.5, 0.6) is 0 Å². The van der Waals surface area contributed by atoms with Crippen LogP contribution in [0.2, 0.25) is 0 Å². The van der Waals surface area contributed by atoms with E-state index in [1.807, 2.05) is 30.3 Å². The molecule has 2 N–H and O–H groups in total. The van der Waals surface area contributed by atoms with Crippen LogP contribution in [0.1, 0.15) is 72.8 Å². The number of carbonyl (C=O) groups is 4. The Bertz CT molecular complexity index is 1300. The van der Waals surface area contributed by atoms with Crippen molar-refractivity contribution in [2.75, 3.05) is 11.9 Å². The molecule has 0 atom stereocenters. The molecule has 0 saturated heterocycles. The maximum Gasteiger partial charge on any atom is 0.261 e. The van der Waals surface area contributed by atoms with E-state index in [9.17, 15) is 19.2 Å². The summed E-state index contributed by atoms with van der Waals surface area (Å²) in [4.78, 5) is 53.4. The number of anilines is 1. The van der Waals surface area contributed by atoms with E-state index in [1.54, 1.807) is 24.3 Å². The van der Waals surface area contributed by atoms with Crippen molar-refractivity contribution in [3.05, 3.63) is 87.3 Å². The molecule has 184 valence electrons. The molecule has 1 aliphatic carbocycles. The summed E-state index contributed by atoms with van der Waals surface area (Å²) in [7, 11) is 0. The van der Waals surface area contributed by atoms with Crippen molar-refractivity contribution >= 4 is 40.0 Å². The number of thiophene rings is 1. The first-order valence-electron chi connectivity index (χ1n) is 12.2. The van der Waals surface area contributed by atoms with Gasteiger partial charge in [-0.1, -0.05) is 42.5 Å². The van der Waals surface area contributed by atoms with Crippen LogP contribution in [-0.4, -0.2) is 35.1 Å². The van der Waals surface area contributed by atoms with Gasteiger partial charge in [0.25, 0.3) is 17.7 Å². The highest BCUT2D eigenvalue weighted by molar-refractivity contribution is 7.17. The highest BCUT2D eigenvalue weighted by atomic mass is 32.1. The van der Waals surface area contributed by atoms with E-state index >= 15 is 0 Å². The second kappa shape index (κ2) is 10.5. The van der Waals surface area contributed by atoms with E-state index in [2.05, 4.69) is 10.6 Å². The molecule has 1 aliphatic heterocycles. The highest BCUT2D eigenvalue weighted by Gasteiger charge is 2.34. The molecule has 4 amide bonds. The van der Waals surface area contributed by atoms with Crippen molar-refractivity contribution in [2.24, 2.45) is 0 Å². The Balaban J connectivity index is 1.22. The first-order chi connectivity index (χ1) is 17.5. The molecule has 0 saturated carbocycles. The SMILES string of the molecule is O=C(CCCN1C(=O)c2ccccc2C1=O)Nc1sc2c(c1C(=O)NCc1ccccc1)CCCC2. The minimum absolute atomic E-state index is 0.140. The molecule has 0 bridgehead atoms. The van der Waals surface area contributed by atoms with Gasteiger partial charge in [0.1, 0.15) is 5.00 Å². The molecule has 36 heavy (non-hydrogen) atoms. The minimum atomic E-state index is -0.320. The monoisotopic (exact) mass is 501 g/mol. The molecule has 2 heterocycles. The fourth-order valence-electron chi connectivity index (χ4n) is 4.79. The molecule has 0 radical (unpaired) electrons. The second-order valence-electron chi connectivity index (χ2n) is 9.04. The van der Waals surface area contributed by atoms with Gasteiger partial charge in [-0.15, -0.1) is 11.3 Å². The quantitative estimate of drug-likeness (QED) is 0.442. The summed E-state index contributed by atoms with van der Waals surface area (Å²) in [6, 6.07) is 16.5. The summed E-state index contributed by atoms with van der Waals surface area (Å²) in [6.07, 6.45) is 4.33. The van der Waals surface area contributed by atoms with Gasteiger partial charge in [0, 0.05) is 24.4 Å². The topological polar surface area (TPSA) is 95.6 Å². The third-order valence-corrected chi connectivity index (χ3v) is 7.82. The Labute approximate surface area is 213 Å². The lowest BCUT2D eigenvalue weighted by atomic mass is 9.95. The summed E-state index contributed by atoms with van der Waals surface area (Å²) < 4.78 is 0. The maximum absolute atomic E-state index is 13.2. The van der Waals surface area contributed by atoms with Crippen LogP contribution in [0, 0.1) is 0 Å². The van der Waals surface area contributed by atoms with Crippen molar-refractivity contribution in [3.63, 3.8) is 0 Å². The van der Waals surface area contributed by atoms with Gasteiger partial charge >= 0.3 is 0 Å². The summed E-state index contributed by atoms with van der Waals surface area (Å²) in [5.41, 5.74) is 3.43. The molecule has 0 fully saturated rings. The zero-order valence-corrected chi connectivity index (χ0v) is 20.7. The molecule has 2 aromatic carbocycles. The van der Waals surface area contributed by atoms with E-state index < -0.39 is 0 Å². The predicted molar refractivity (Wildman–Crippen MR) is 138 cm³/mol. The molecule has 7 nitrogen and oxygen atoms in total. The van der Waals surface area contributed by atoms with Crippen molar-refractivity contribution in [1.29, 1.82) is 0 Å². The number of amides is 4. The first kappa shape index (κ1) is 23.9. The van der Waals surface area contributed by atoms with Crippen LogP contribution in [0.3, 0.4) is 0 Å². The summed E-state index contributed by atoms with van der Waals surface area (Å²) in [6.45, 7) is 0.586. The number of nitrogens with one attached hydrogen (secondary N) is 2. The Kier molecular flexibility index (Phi) is 6.95. The smallest absolute Gasteiger partial charge is 0.261 e. The van der Waals surface area contributed by atoms with E-state index in [4.69, 9.17) is 0 Å². The highest BCUT2D eigenvalue weighted by Crippen LogP contribution is 2.38. The molecule has 2 aliphatic rings. The Morgan fingerprint density at radius 3 is 2.28 bits per heavy atom. The lowest BCUT2D eigenvalue weighted by molar-refractivity contribution is -0.116. The minimum Gasteiger partial charge on any atom is -0.348 e. The standard InChI is InChI=1S/C28H27N3O4S/c32-23(15-8-16-31-27(34)19-11-4-5-12-20(19)28(31)35)30-26-24(21-13-6-7-14-22(21)36-26)25(33)29-17-18-9-2-1-3-10-18/h1-5,9-12H,6-8,13-17H2,(H,29,33)(H,30,32). The average Bonchev–Trinajstić information content (AvgIpc) is 3.38. The number of rotatable bonds is 8. The van der Waals surface area contributed by atoms with Gasteiger partial charge in [-0.05, 0) is 55.4 Å². The predicted octanol–water partition coefficient (Wildman–Crippen LogP) is 4.57. The molecule has 3 aromatic rings. The number of benzene rings is 2. The third kappa shape index (κ3) is 4.81. The number of aryl methyl sites for hydroxylation is 1. The molecular formula is C28H27N3O4S. The summed E-state index contributed by atoms with van der Waals surface area (Å²) in [5.74, 6) is -1.06. The van der Waals surface area contributed by atoms with E-state index in [1.165, 1.54) is 16.2 Å². The number of hydrogen-bond donors (Lipinski definition) is 2. The number of hydrogen-bond acceptors (Lipinski definition) is 5. The number of imide groups is 1. The number of fused-ring (bicyclic) bond motifs is 2. The summed E-state index contributed by atoms with van der Waals surface area (Å²) >= 11 is 1.48. The van der Waals surface area contributed by atoms with Crippen LogP contribution in [0.25, 0.3) is 0 Å². The zero-order valence-electron chi connectivity index (χ0n) is 19.8. The molecule has 8 heteroatoms. The van der Waals surface area contributed by atoms with Gasteiger partial charge < -0.3 is 10.6 Å². The lowest BCUT2D eigenvalue weighted by Gasteiger charge is -2.14. The molecular weight excluding hydrogens is 474 g/mol. The fourth-order valence-corrected chi connectivity index (χ4v) is 6.09. The fraction of sp³-hybridized carbons (Fsp3) is 0.286. The van der Waals surface area contributed by atoms with E-state index in [0.717, 1.165) is 41.7 Å². The van der Waals surface area contributed by atoms with Gasteiger partial charge in [0.2, 0.25) is 5.91 Å². The summed E-state index contributed by atoms with van der Waals surface area (Å²) in [5, 5.41) is 6.52. The molecule has 5 rings (SSSR count). The van der Waals surface area contributed by atoms with Crippen molar-refractivity contribution in [2.45, 2.75) is 45.1 Å². The van der Waals surface area contributed by atoms with Gasteiger partial charge in [-0.3, -0.25) is 24.1 Å². The zero-order chi connectivity index (χ0) is 25.1. The van der Waals surface area contributed by atoms with Gasteiger partial charge in [0.15, 0.2) is 0 Å². The molecule has 0 unspecified atom stereocenters. The number of nitrogens with zero attached hydrogens (tertiary/aromatic N) is 1. The van der Waals surface area contributed by atoms with Crippen LogP contribution in [0.4, 0.5) is 5.00 Å². The largest absolute Gasteiger partial charge is 0.348 e. The van der Waals surface area contributed by atoms with E-state index in [0.29, 0.717) is 34.7 Å². The Morgan fingerprint density at radius 1 is 0.889 bits per heavy atom. The van der Waals surface area contributed by atoms with Crippen LogP contribution >= 0.6 is 11.3 Å². The van der Waals surface area contributed by atoms with Crippen molar-refractivity contribution in [1.82, 2.24) is 10.2 Å². The first-order valence-corrected chi connectivity index (χ1v) is 13.1. The van der Waals surface area contributed by atoms with Crippen molar-refractivity contribution < 1.29 is 19.2 Å². The van der Waals surface area contributed by atoms with E-state index in [-0.39, 0.29) is 36.6 Å². The maximum atomic E-state index is 13.2. The number of carbonyl (C=O) groups excluding carboxylic acids is 4. The van der Waals surface area contributed by atoms with Gasteiger partial charge in [0.05, 0.1) is 16.7 Å². The van der Waals surface area contributed by atoms with Gasteiger partial charge in [-0.2, -0.15) is 0 Å². The third-order valence-electron chi connectivity index (χ3n) is 6.61.